The van der Waals surface area contributed by atoms with Crippen molar-refractivity contribution in [3.05, 3.63) is 74.9 Å². The number of rotatable bonds is 3. The maximum Gasteiger partial charge on any atom is 0.270 e. The van der Waals surface area contributed by atoms with Gasteiger partial charge in [0.25, 0.3) is 5.56 Å². The lowest BCUT2D eigenvalue weighted by Crippen LogP contribution is -2.52. The molecule has 2 aromatic carbocycles. The first-order chi connectivity index (χ1) is 15.0. The molecule has 2 aromatic heterocycles. The molecule has 1 aliphatic rings. The van der Waals surface area contributed by atoms with Crippen LogP contribution in [0.25, 0.3) is 21.3 Å². The zero-order chi connectivity index (χ0) is 21.5. The molecule has 0 amide bonds. The van der Waals surface area contributed by atoms with Crippen LogP contribution in [0.3, 0.4) is 0 Å². The summed E-state index contributed by atoms with van der Waals surface area (Å²) in [6.07, 6.45) is 0. The number of aryl methyl sites for hydroxylation is 1. The molecule has 4 aromatic rings. The fraction of sp³-hybridized carbons (Fsp3) is 0.250. The number of nitrogens with zero attached hydrogens (tertiary/aromatic N) is 3. The Balaban J connectivity index is 1.46. The van der Waals surface area contributed by atoms with Gasteiger partial charge < -0.3 is 9.80 Å². The molecule has 31 heavy (non-hydrogen) atoms. The van der Waals surface area contributed by atoms with E-state index < -0.39 is 0 Å². The molecule has 1 fully saturated rings. The van der Waals surface area contributed by atoms with Crippen LogP contribution >= 0.6 is 22.9 Å². The highest BCUT2D eigenvalue weighted by atomic mass is 35.5. The van der Waals surface area contributed by atoms with Gasteiger partial charge in [-0.2, -0.15) is 0 Å². The van der Waals surface area contributed by atoms with Gasteiger partial charge in [0.1, 0.15) is 4.70 Å². The average molecular weight is 451 g/mol. The SMILES string of the molecule is Cc1cccc(N2CCN(c3nc4c(-c5ccc(Cl)cc5)csc4c(=O)[nH]3)C[C@H]2C)c1. The molecule has 1 atom stereocenters. The van der Waals surface area contributed by atoms with Crippen LogP contribution in [0.15, 0.2) is 58.7 Å². The predicted molar refractivity (Wildman–Crippen MR) is 131 cm³/mol. The molecule has 5 rings (SSSR count). The number of thiophene rings is 1. The van der Waals surface area contributed by atoms with Crippen molar-refractivity contribution < 1.29 is 0 Å². The minimum atomic E-state index is -0.0843. The van der Waals surface area contributed by atoms with Gasteiger partial charge in [0.15, 0.2) is 0 Å². The largest absolute Gasteiger partial charge is 0.365 e. The fourth-order valence-electron chi connectivity index (χ4n) is 4.24. The first kappa shape index (κ1) is 20.1. The summed E-state index contributed by atoms with van der Waals surface area (Å²) in [5.74, 6) is 0.641. The molecule has 5 nitrogen and oxygen atoms in total. The molecule has 0 radical (unpaired) electrons. The summed E-state index contributed by atoms with van der Waals surface area (Å²) < 4.78 is 0.653. The van der Waals surface area contributed by atoms with Gasteiger partial charge in [0.2, 0.25) is 5.95 Å². The number of anilines is 2. The summed E-state index contributed by atoms with van der Waals surface area (Å²) in [5.41, 5.74) is 5.15. The Morgan fingerprint density at radius 1 is 1.16 bits per heavy atom. The number of hydrogen-bond donors (Lipinski definition) is 1. The molecule has 3 heterocycles. The molecular formula is C24H23ClN4OS. The number of piperazine rings is 1. The molecule has 0 bridgehead atoms. The van der Waals surface area contributed by atoms with Gasteiger partial charge >= 0.3 is 0 Å². The number of hydrogen-bond acceptors (Lipinski definition) is 5. The number of H-pyrrole nitrogens is 1. The number of fused-ring (bicyclic) bond motifs is 1. The molecular weight excluding hydrogens is 428 g/mol. The molecule has 1 saturated heterocycles. The minimum absolute atomic E-state index is 0.0843. The van der Waals surface area contributed by atoms with E-state index in [2.05, 4.69) is 52.9 Å². The van der Waals surface area contributed by atoms with Crippen LogP contribution in [0.4, 0.5) is 11.6 Å². The highest BCUT2D eigenvalue weighted by molar-refractivity contribution is 7.17. The maximum absolute atomic E-state index is 12.8. The van der Waals surface area contributed by atoms with Crippen molar-refractivity contribution in [2.75, 3.05) is 29.4 Å². The monoisotopic (exact) mass is 450 g/mol. The Morgan fingerprint density at radius 3 is 2.71 bits per heavy atom. The third-order valence-electron chi connectivity index (χ3n) is 5.83. The zero-order valence-electron chi connectivity index (χ0n) is 17.4. The van der Waals surface area contributed by atoms with Gasteiger partial charge in [-0.25, -0.2) is 4.98 Å². The molecule has 1 aliphatic heterocycles. The summed E-state index contributed by atoms with van der Waals surface area (Å²) in [5, 5.41) is 2.69. The summed E-state index contributed by atoms with van der Waals surface area (Å²) in [6.45, 7) is 6.80. The molecule has 0 unspecified atom stereocenters. The summed E-state index contributed by atoms with van der Waals surface area (Å²) in [7, 11) is 0. The summed E-state index contributed by atoms with van der Waals surface area (Å²) in [6, 6.07) is 16.6. The highest BCUT2D eigenvalue weighted by Gasteiger charge is 2.26. The normalized spacial score (nSPS) is 16.8. The standard InChI is InChI=1S/C24H23ClN4OS/c1-15-4-3-5-19(12-15)29-11-10-28(13-16(29)2)24-26-21-20(14-31-22(21)23(30)27-24)17-6-8-18(25)9-7-17/h3-9,12,14,16H,10-11,13H2,1-2H3,(H,26,27,30)/t16-/m1/s1. The van der Waals surface area contributed by atoms with E-state index in [-0.39, 0.29) is 5.56 Å². The lowest BCUT2D eigenvalue weighted by Gasteiger charge is -2.41. The summed E-state index contributed by atoms with van der Waals surface area (Å²) in [4.78, 5) is 25.3. The van der Waals surface area contributed by atoms with E-state index in [1.807, 2.05) is 29.6 Å². The molecule has 0 spiro atoms. The van der Waals surface area contributed by atoms with Crippen molar-refractivity contribution >= 4 is 44.8 Å². The average Bonchev–Trinajstić information content (AvgIpc) is 3.19. The smallest absolute Gasteiger partial charge is 0.270 e. The highest BCUT2D eigenvalue weighted by Crippen LogP contribution is 2.32. The van der Waals surface area contributed by atoms with Crippen LogP contribution in [0.1, 0.15) is 12.5 Å². The Morgan fingerprint density at radius 2 is 1.97 bits per heavy atom. The zero-order valence-corrected chi connectivity index (χ0v) is 19.0. The van der Waals surface area contributed by atoms with Gasteiger partial charge in [-0.05, 0) is 49.2 Å². The van der Waals surface area contributed by atoms with Crippen LogP contribution in [0.5, 0.6) is 0 Å². The third kappa shape index (κ3) is 3.82. The topological polar surface area (TPSA) is 52.2 Å². The Bertz CT molecular complexity index is 1300. The van der Waals surface area contributed by atoms with E-state index in [0.717, 1.165) is 36.3 Å². The van der Waals surface area contributed by atoms with Crippen molar-refractivity contribution in [1.29, 1.82) is 0 Å². The molecule has 0 aliphatic carbocycles. The van der Waals surface area contributed by atoms with Crippen LogP contribution < -0.4 is 15.4 Å². The number of halogens is 1. The van der Waals surface area contributed by atoms with Gasteiger partial charge in [-0.1, -0.05) is 35.9 Å². The maximum atomic E-state index is 12.8. The summed E-state index contributed by atoms with van der Waals surface area (Å²) >= 11 is 7.47. The van der Waals surface area contributed by atoms with E-state index in [1.165, 1.54) is 22.6 Å². The van der Waals surface area contributed by atoms with E-state index in [9.17, 15) is 4.79 Å². The van der Waals surface area contributed by atoms with Crippen LogP contribution in [0.2, 0.25) is 5.02 Å². The molecule has 1 N–H and O–H groups in total. The lowest BCUT2D eigenvalue weighted by molar-refractivity contribution is 0.543. The van der Waals surface area contributed by atoms with Crippen LogP contribution in [-0.4, -0.2) is 35.6 Å². The van der Waals surface area contributed by atoms with Gasteiger partial charge in [0, 0.05) is 47.3 Å². The Kier molecular flexibility index (Phi) is 5.20. The number of aromatic amines is 1. The Hall–Kier alpha value is -2.83. The van der Waals surface area contributed by atoms with Crippen molar-refractivity contribution in [3.8, 4) is 11.1 Å². The van der Waals surface area contributed by atoms with E-state index in [4.69, 9.17) is 16.6 Å². The molecule has 158 valence electrons. The Labute approximate surface area is 189 Å². The van der Waals surface area contributed by atoms with Crippen molar-refractivity contribution in [2.45, 2.75) is 19.9 Å². The fourth-order valence-corrected chi connectivity index (χ4v) is 5.27. The number of aromatic nitrogens is 2. The van der Waals surface area contributed by atoms with Crippen molar-refractivity contribution in [1.82, 2.24) is 9.97 Å². The second kappa shape index (κ2) is 8.02. The van der Waals surface area contributed by atoms with Gasteiger partial charge in [0.05, 0.1) is 5.52 Å². The molecule has 0 saturated carbocycles. The van der Waals surface area contributed by atoms with E-state index in [1.54, 1.807) is 0 Å². The van der Waals surface area contributed by atoms with Gasteiger partial charge in [-0.3, -0.25) is 9.78 Å². The van der Waals surface area contributed by atoms with Crippen LogP contribution in [0, 0.1) is 6.92 Å². The molecule has 7 heteroatoms. The quantitative estimate of drug-likeness (QED) is 0.458. The van der Waals surface area contributed by atoms with E-state index >= 15 is 0 Å². The van der Waals surface area contributed by atoms with Crippen molar-refractivity contribution in [3.63, 3.8) is 0 Å². The van der Waals surface area contributed by atoms with E-state index in [0.29, 0.717) is 21.7 Å². The lowest BCUT2D eigenvalue weighted by atomic mass is 10.1. The minimum Gasteiger partial charge on any atom is -0.365 e. The first-order valence-corrected chi connectivity index (χ1v) is 11.6. The second-order valence-corrected chi connectivity index (χ2v) is 9.37. The van der Waals surface area contributed by atoms with Crippen molar-refractivity contribution in [2.24, 2.45) is 0 Å². The number of nitrogens with one attached hydrogen (secondary N) is 1. The van der Waals surface area contributed by atoms with Crippen LogP contribution in [-0.2, 0) is 0 Å². The predicted octanol–water partition coefficient (Wildman–Crippen LogP) is 5.33. The van der Waals surface area contributed by atoms with Gasteiger partial charge in [-0.15, -0.1) is 11.3 Å². The first-order valence-electron chi connectivity index (χ1n) is 10.4. The number of benzene rings is 2. The second-order valence-electron chi connectivity index (χ2n) is 8.05. The third-order valence-corrected chi connectivity index (χ3v) is 7.05.